The van der Waals surface area contributed by atoms with Crippen molar-refractivity contribution >= 4 is 0 Å². The van der Waals surface area contributed by atoms with Crippen LogP contribution in [0.2, 0.25) is 0 Å². The van der Waals surface area contributed by atoms with Crippen LogP contribution >= 0.6 is 0 Å². The summed E-state index contributed by atoms with van der Waals surface area (Å²) in [6.07, 6.45) is 1.63. The Kier molecular flexibility index (Phi) is 4.84. The molecule has 2 aromatic rings. The van der Waals surface area contributed by atoms with Crippen LogP contribution in [0.3, 0.4) is 0 Å². The van der Waals surface area contributed by atoms with E-state index in [4.69, 9.17) is 10.00 Å². The third-order valence-electron chi connectivity index (χ3n) is 4.78. The maximum atomic E-state index is 10.7. The van der Waals surface area contributed by atoms with E-state index >= 15 is 0 Å². The molecule has 0 amide bonds. The highest BCUT2D eigenvalue weighted by atomic mass is 16.5. The van der Waals surface area contributed by atoms with Gasteiger partial charge in [-0.3, -0.25) is 0 Å². The van der Waals surface area contributed by atoms with Crippen LogP contribution in [0.15, 0.2) is 48.5 Å². The Balaban J connectivity index is 1.60. The molecule has 0 aromatic heterocycles. The van der Waals surface area contributed by atoms with Gasteiger partial charge in [-0.2, -0.15) is 5.26 Å². The number of benzene rings is 2. The van der Waals surface area contributed by atoms with Crippen LogP contribution in [0, 0.1) is 16.7 Å². The quantitative estimate of drug-likeness (QED) is 0.822. The number of hydrogen-bond donors (Lipinski definition) is 2. The van der Waals surface area contributed by atoms with Gasteiger partial charge in [-0.05, 0) is 36.1 Å². The Morgan fingerprint density at radius 3 is 2.62 bits per heavy atom. The molecule has 1 atom stereocenters. The Hall–Kier alpha value is -2.35. The maximum Gasteiger partial charge on any atom is 0.136 e. The molecule has 0 radical (unpaired) electrons. The zero-order valence-electron chi connectivity index (χ0n) is 13.8. The van der Waals surface area contributed by atoms with E-state index in [9.17, 15) is 5.11 Å². The second kappa shape index (κ2) is 7.04. The topological polar surface area (TPSA) is 65.3 Å². The molecule has 4 nitrogen and oxygen atoms in total. The average molecular weight is 322 g/mol. The molecule has 2 N–H and O–H groups in total. The molecule has 3 rings (SSSR count). The van der Waals surface area contributed by atoms with Crippen LogP contribution in [0.5, 0.6) is 5.75 Å². The van der Waals surface area contributed by atoms with Gasteiger partial charge in [-0.25, -0.2) is 0 Å². The fraction of sp³-hybridized carbons (Fsp3) is 0.350. The molecule has 1 unspecified atom stereocenters. The van der Waals surface area contributed by atoms with Gasteiger partial charge in [0.15, 0.2) is 0 Å². The molecule has 1 saturated carbocycles. The Morgan fingerprint density at radius 1 is 1.25 bits per heavy atom. The van der Waals surface area contributed by atoms with Crippen molar-refractivity contribution in [3.63, 3.8) is 0 Å². The van der Waals surface area contributed by atoms with Crippen molar-refractivity contribution in [3.05, 3.63) is 65.2 Å². The van der Waals surface area contributed by atoms with Crippen molar-refractivity contribution in [1.29, 1.82) is 5.26 Å². The number of aliphatic hydroxyl groups excluding tert-OH is 1. The fourth-order valence-electron chi connectivity index (χ4n) is 3.10. The molecular formula is C20H22N2O2. The van der Waals surface area contributed by atoms with Crippen molar-refractivity contribution in [2.45, 2.75) is 25.5 Å². The van der Waals surface area contributed by atoms with Gasteiger partial charge in [0.2, 0.25) is 0 Å². The second-order valence-corrected chi connectivity index (χ2v) is 6.43. The minimum atomic E-state index is -0.434. The summed E-state index contributed by atoms with van der Waals surface area (Å²) in [6, 6.07) is 17.6. The van der Waals surface area contributed by atoms with E-state index in [1.165, 1.54) is 0 Å². The normalized spacial score (nSPS) is 16.2. The minimum Gasteiger partial charge on any atom is -0.495 e. The average Bonchev–Trinajstić information content (AvgIpc) is 3.42. The number of rotatable bonds is 7. The Bertz CT molecular complexity index is 733. The van der Waals surface area contributed by atoms with Crippen LogP contribution in [0.4, 0.5) is 0 Å². The monoisotopic (exact) mass is 322 g/mol. The highest BCUT2D eigenvalue weighted by Gasteiger charge is 2.48. The summed E-state index contributed by atoms with van der Waals surface area (Å²) < 4.78 is 5.16. The summed E-state index contributed by atoms with van der Waals surface area (Å²) in [5.41, 5.74) is 2.50. The van der Waals surface area contributed by atoms with E-state index in [-0.39, 0.29) is 5.41 Å². The molecule has 0 spiro atoms. The number of nitrogens with one attached hydrogen (secondary N) is 1. The molecule has 1 aliphatic carbocycles. The highest BCUT2D eigenvalue weighted by molar-refractivity contribution is 5.45. The first-order chi connectivity index (χ1) is 11.7. The number of nitrogens with zero attached hydrogens (tertiary/aromatic N) is 1. The number of ether oxygens (including phenoxy) is 1. The van der Waals surface area contributed by atoms with Crippen molar-refractivity contribution in [2.24, 2.45) is 5.41 Å². The van der Waals surface area contributed by atoms with Crippen LogP contribution in [0.25, 0.3) is 0 Å². The number of nitriles is 1. The van der Waals surface area contributed by atoms with Gasteiger partial charge in [0.1, 0.15) is 11.8 Å². The van der Waals surface area contributed by atoms with Crippen molar-refractivity contribution in [2.75, 3.05) is 13.7 Å². The third-order valence-corrected chi connectivity index (χ3v) is 4.78. The summed E-state index contributed by atoms with van der Waals surface area (Å²) in [4.78, 5) is 0. The fourth-order valence-corrected chi connectivity index (χ4v) is 3.10. The number of methoxy groups -OCH3 is 1. The summed E-state index contributed by atoms with van der Waals surface area (Å²) in [7, 11) is 1.57. The molecule has 0 saturated heterocycles. The van der Waals surface area contributed by atoms with Crippen LogP contribution in [0.1, 0.15) is 35.6 Å². The molecule has 0 heterocycles. The van der Waals surface area contributed by atoms with Gasteiger partial charge < -0.3 is 15.2 Å². The lowest BCUT2D eigenvalue weighted by molar-refractivity contribution is 0.0917. The first-order valence-corrected chi connectivity index (χ1v) is 8.19. The SMILES string of the molecule is COc1ccc(CNCC2(C(O)c3ccccc3)CC2)cc1C#N. The largest absolute Gasteiger partial charge is 0.495 e. The van der Waals surface area contributed by atoms with Gasteiger partial charge in [0, 0.05) is 18.5 Å². The smallest absolute Gasteiger partial charge is 0.136 e. The molecule has 24 heavy (non-hydrogen) atoms. The lowest BCUT2D eigenvalue weighted by Gasteiger charge is -2.23. The van der Waals surface area contributed by atoms with E-state index in [1.807, 2.05) is 48.5 Å². The lowest BCUT2D eigenvalue weighted by atomic mass is 9.92. The van der Waals surface area contributed by atoms with Gasteiger partial charge in [0.05, 0.1) is 18.8 Å². The molecule has 4 heteroatoms. The number of aliphatic hydroxyl groups is 1. The predicted octanol–water partition coefficient (Wildman–Crippen LogP) is 3.17. The van der Waals surface area contributed by atoms with E-state index in [0.29, 0.717) is 17.9 Å². The summed E-state index contributed by atoms with van der Waals surface area (Å²) in [5, 5.41) is 23.2. The van der Waals surface area contributed by atoms with Crippen LogP contribution in [-0.4, -0.2) is 18.8 Å². The summed E-state index contributed by atoms with van der Waals surface area (Å²) in [5.74, 6) is 0.597. The van der Waals surface area contributed by atoms with E-state index < -0.39 is 6.10 Å². The molecule has 124 valence electrons. The summed E-state index contributed by atoms with van der Waals surface area (Å²) >= 11 is 0. The Morgan fingerprint density at radius 2 is 2.00 bits per heavy atom. The molecule has 0 aliphatic heterocycles. The van der Waals surface area contributed by atoms with Gasteiger partial charge in [0.25, 0.3) is 0 Å². The van der Waals surface area contributed by atoms with Crippen molar-refractivity contribution < 1.29 is 9.84 Å². The van der Waals surface area contributed by atoms with Gasteiger partial charge in [-0.15, -0.1) is 0 Å². The van der Waals surface area contributed by atoms with E-state index in [1.54, 1.807) is 7.11 Å². The number of hydrogen-bond acceptors (Lipinski definition) is 4. The predicted molar refractivity (Wildman–Crippen MR) is 92.5 cm³/mol. The molecule has 0 bridgehead atoms. The van der Waals surface area contributed by atoms with E-state index in [2.05, 4.69) is 11.4 Å². The molecule has 1 aliphatic rings. The maximum absolute atomic E-state index is 10.7. The third kappa shape index (κ3) is 3.43. The molecular weight excluding hydrogens is 300 g/mol. The zero-order valence-corrected chi connectivity index (χ0v) is 13.8. The van der Waals surface area contributed by atoms with Gasteiger partial charge >= 0.3 is 0 Å². The molecule has 1 fully saturated rings. The van der Waals surface area contributed by atoms with Crippen molar-refractivity contribution in [3.8, 4) is 11.8 Å². The minimum absolute atomic E-state index is 0.0636. The van der Waals surface area contributed by atoms with Crippen LogP contribution < -0.4 is 10.1 Å². The van der Waals surface area contributed by atoms with E-state index in [0.717, 1.165) is 30.5 Å². The summed E-state index contributed by atoms with van der Waals surface area (Å²) in [6.45, 7) is 1.43. The van der Waals surface area contributed by atoms with Crippen LogP contribution in [-0.2, 0) is 6.54 Å². The second-order valence-electron chi connectivity index (χ2n) is 6.43. The first-order valence-electron chi connectivity index (χ1n) is 8.19. The lowest BCUT2D eigenvalue weighted by Crippen LogP contribution is -2.28. The van der Waals surface area contributed by atoms with Crippen molar-refractivity contribution in [1.82, 2.24) is 5.32 Å². The molecule has 2 aromatic carbocycles. The first kappa shape index (κ1) is 16.5. The standard InChI is InChI=1S/C20H22N2O2/c1-24-18-8-7-15(11-17(18)12-21)13-22-14-20(9-10-20)19(23)16-5-3-2-4-6-16/h2-8,11,19,22-23H,9-10,13-14H2,1H3. The van der Waals surface area contributed by atoms with Gasteiger partial charge in [-0.1, -0.05) is 36.4 Å². The highest BCUT2D eigenvalue weighted by Crippen LogP contribution is 2.54. The Labute approximate surface area is 142 Å². The zero-order chi connectivity index (χ0) is 17.0.